The summed E-state index contributed by atoms with van der Waals surface area (Å²) in [5.41, 5.74) is 4.53. The van der Waals surface area contributed by atoms with Gasteiger partial charge in [-0.15, -0.1) is 0 Å². The topological polar surface area (TPSA) is 44.8 Å². The Morgan fingerprint density at radius 1 is 1.11 bits per heavy atom. The van der Waals surface area contributed by atoms with Crippen LogP contribution in [0.15, 0.2) is 48.7 Å². The molecule has 1 atom stereocenters. The Kier molecular flexibility index (Phi) is 4.93. The number of likely N-dealkylation sites (tertiary alicyclic amines) is 1. The molecule has 3 aromatic rings. The highest BCUT2D eigenvalue weighted by molar-refractivity contribution is 5.66. The molecule has 0 unspecified atom stereocenters. The van der Waals surface area contributed by atoms with Crippen LogP contribution >= 0.6 is 0 Å². The van der Waals surface area contributed by atoms with Crippen molar-refractivity contribution in [2.75, 3.05) is 19.6 Å². The summed E-state index contributed by atoms with van der Waals surface area (Å²) >= 11 is 0. The fourth-order valence-electron chi connectivity index (χ4n) is 3.72. The molecule has 2 aromatic heterocycles. The standard InChI is InChI=1S/C21H21F3N4/c1-14-19(16-7-8-18(25-11-16)15-5-3-2-4-6-15)27-20(26-14)17-9-10-28(12-17)13-21(22,23)24/h2-8,11,17H,9-10,12-13H2,1H3,(H,26,27)/t17-/m0/s1. The molecule has 1 aromatic carbocycles. The van der Waals surface area contributed by atoms with Gasteiger partial charge in [0.25, 0.3) is 0 Å². The minimum atomic E-state index is -4.16. The predicted molar refractivity (Wildman–Crippen MR) is 102 cm³/mol. The number of hydrogen-bond acceptors (Lipinski definition) is 3. The Morgan fingerprint density at radius 2 is 1.89 bits per heavy atom. The van der Waals surface area contributed by atoms with Crippen LogP contribution in [0.4, 0.5) is 13.2 Å². The third-order valence-corrected chi connectivity index (χ3v) is 5.07. The van der Waals surface area contributed by atoms with Gasteiger partial charge in [-0.25, -0.2) is 4.98 Å². The molecule has 146 valence electrons. The fraction of sp³-hybridized carbons (Fsp3) is 0.333. The molecule has 0 spiro atoms. The van der Waals surface area contributed by atoms with E-state index in [4.69, 9.17) is 4.98 Å². The Bertz CT molecular complexity index is 933. The van der Waals surface area contributed by atoms with E-state index in [0.29, 0.717) is 19.5 Å². The van der Waals surface area contributed by atoms with Crippen LogP contribution in [0.5, 0.6) is 0 Å². The lowest BCUT2D eigenvalue weighted by molar-refractivity contribution is -0.143. The van der Waals surface area contributed by atoms with E-state index >= 15 is 0 Å². The highest BCUT2D eigenvalue weighted by Gasteiger charge is 2.35. The number of pyridine rings is 1. The molecule has 28 heavy (non-hydrogen) atoms. The van der Waals surface area contributed by atoms with Crippen molar-refractivity contribution in [2.45, 2.75) is 25.4 Å². The van der Waals surface area contributed by atoms with Gasteiger partial charge in [0, 0.05) is 35.5 Å². The zero-order valence-corrected chi connectivity index (χ0v) is 15.5. The maximum atomic E-state index is 12.6. The van der Waals surface area contributed by atoms with Gasteiger partial charge in [-0.3, -0.25) is 9.88 Å². The molecular weight excluding hydrogens is 365 g/mol. The number of H-pyrrole nitrogens is 1. The zero-order valence-electron chi connectivity index (χ0n) is 15.5. The van der Waals surface area contributed by atoms with Gasteiger partial charge < -0.3 is 4.98 Å². The molecule has 7 heteroatoms. The van der Waals surface area contributed by atoms with Crippen LogP contribution in [0.3, 0.4) is 0 Å². The first-order valence-electron chi connectivity index (χ1n) is 9.26. The second-order valence-electron chi connectivity index (χ2n) is 7.23. The summed E-state index contributed by atoms with van der Waals surface area (Å²) in [5.74, 6) is 0.746. The molecular formula is C21H21F3N4. The molecule has 4 nitrogen and oxygen atoms in total. The summed E-state index contributed by atoms with van der Waals surface area (Å²) in [7, 11) is 0. The van der Waals surface area contributed by atoms with Crippen molar-refractivity contribution >= 4 is 0 Å². The van der Waals surface area contributed by atoms with Gasteiger partial charge in [0.2, 0.25) is 0 Å². The number of aromatic amines is 1. The minimum Gasteiger partial charge on any atom is -0.345 e. The molecule has 0 bridgehead atoms. The maximum absolute atomic E-state index is 12.6. The lowest BCUT2D eigenvalue weighted by atomic mass is 10.1. The molecule has 0 amide bonds. The highest BCUT2D eigenvalue weighted by atomic mass is 19.4. The van der Waals surface area contributed by atoms with Crippen LogP contribution in [-0.4, -0.2) is 45.7 Å². The third-order valence-electron chi connectivity index (χ3n) is 5.07. The SMILES string of the molecule is Cc1[nH]c([C@H]2CCN(CC(F)(F)F)C2)nc1-c1ccc(-c2ccccc2)nc1. The van der Waals surface area contributed by atoms with Gasteiger partial charge in [0.15, 0.2) is 0 Å². The lowest BCUT2D eigenvalue weighted by Crippen LogP contribution is -2.32. The number of rotatable bonds is 4. The maximum Gasteiger partial charge on any atom is 0.401 e. The van der Waals surface area contributed by atoms with Crippen molar-refractivity contribution in [3.05, 3.63) is 60.2 Å². The molecule has 1 saturated heterocycles. The van der Waals surface area contributed by atoms with Crippen LogP contribution in [0.1, 0.15) is 23.9 Å². The number of benzene rings is 1. The highest BCUT2D eigenvalue weighted by Crippen LogP contribution is 2.31. The molecule has 1 aliphatic rings. The van der Waals surface area contributed by atoms with E-state index in [0.717, 1.165) is 34.0 Å². The van der Waals surface area contributed by atoms with E-state index in [-0.39, 0.29) is 5.92 Å². The van der Waals surface area contributed by atoms with Gasteiger partial charge in [0.05, 0.1) is 17.9 Å². The molecule has 0 radical (unpaired) electrons. The molecule has 1 aliphatic heterocycles. The van der Waals surface area contributed by atoms with Crippen molar-refractivity contribution in [1.29, 1.82) is 0 Å². The molecule has 1 N–H and O–H groups in total. The number of alkyl halides is 3. The minimum absolute atomic E-state index is 0.00801. The lowest BCUT2D eigenvalue weighted by Gasteiger charge is -2.17. The number of aromatic nitrogens is 3. The summed E-state index contributed by atoms with van der Waals surface area (Å²) < 4.78 is 37.8. The smallest absolute Gasteiger partial charge is 0.345 e. The Morgan fingerprint density at radius 3 is 2.57 bits per heavy atom. The number of nitrogens with one attached hydrogen (secondary N) is 1. The normalized spacial score (nSPS) is 17.9. The summed E-state index contributed by atoms with van der Waals surface area (Å²) in [6, 6.07) is 13.9. The number of nitrogens with zero attached hydrogens (tertiary/aromatic N) is 3. The summed E-state index contributed by atoms with van der Waals surface area (Å²) in [5, 5.41) is 0. The Hall–Kier alpha value is -2.67. The number of aryl methyl sites for hydroxylation is 1. The van der Waals surface area contributed by atoms with Gasteiger partial charge in [-0.2, -0.15) is 13.2 Å². The van der Waals surface area contributed by atoms with E-state index in [1.165, 1.54) is 4.90 Å². The molecule has 4 rings (SSSR count). The summed E-state index contributed by atoms with van der Waals surface area (Å²) in [6.07, 6.45) is -1.70. The van der Waals surface area contributed by atoms with Gasteiger partial charge in [-0.05, 0) is 32.0 Å². The average molecular weight is 386 g/mol. The second-order valence-corrected chi connectivity index (χ2v) is 7.23. The van der Waals surface area contributed by atoms with Gasteiger partial charge in [-0.1, -0.05) is 30.3 Å². The molecule has 0 saturated carbocycles. The predicted octanol–water partition coefficient (Wildman–Crippen LogP) is 4.80. The number of halogens is 3. The van der Waals surface area contributed by atoms with Crippen molar-refractivity contribution in [3.8, 4) is 22.5 Å². The van der Waals surface area contributed by atoms with Crippen LogP contribution in [0.25, 0.3) is 22.5 Å². The quantitative estimate of drug-likeness (QED) is 0.701. The number of hydrogen-bond donors (Lipinski definition) is 1. The second kappa shape index (κ2) is 7.39. The monoisotopic (exact) mass is 386 g/mol. The Labute approximate surface area is 161 Å². The largest absolute Gasteiger partial charge is 0.401 e. The third kappa shape index (κ3) is 4.09. The van der Waals surface area contributed by atoms with E-state index in [1.54, 1.807) is 6.20 Å². The van der Waals surface area contributed by atoms with Gasteiger partial charge >= 0.3 is 6.18 Å². The molecule has 1 fully saturated rings. The van der Waals surface area contributed by atoms with Crippen LogP contribution < -0.4 is 0 Å². The average Bonchev–Trinajstić information content (AvgIpc) is 3.28. The summed E-state index contributed by atoms with van der Waals surface area (Å²) in [4.78, 5) is 13.9. The fourth-order valence-corrected chi connectivity index (χ4v) is 3.72. The molecule has 3 heterocycles. The first-order valence-corrected chi connectivity index (χ1v) is 9.26. The van der Waals surface area contributed by atoms with Crippen LogP contribution in [0, 0.1) is 6.92 Å². The Balaban J connectivity index is 1.51. The van der Waals surface area contributed by atoms with Crippen molar-refractivity contribution in [1.82, 2.24) is 19.9 Å². The van der Waals surface area contributed by atoms with Crippen LogP contribution in [-0.2, 0) is 0 Å². The zero-order chi connectivity index (χ0) is 19.7. The number of imidazole rings is 1. The molecule has 0 aliphatic carbocycles. The van der Waals surface area contributed by atoms with Crippen LogP contribution in [0.2, 0.25) is 0 Å². The first kappa shape index (κ1) is 18.7. The van der Waals surface area contributed by atoms with E-state index < -0.39 is 12.7 Å². The van der Waals surface area contributed by atoms with Gasteiger partial charge in [0.1, 0.15) is 5.82 Å². The van der Waals surface area contributed by atoms with E-state index in [1.807, 2.05) is 49.4 Å². The summed E-state index contributed by atoms with van der Waals surface area (Å²) in [6.45, 7) is 1.88. The van der Waals surface area contributed by atoms with Crippen molar-refractivity contribution < 1.29 is 13.2 Å². The van der Waals surface area contributed by atoms with E-state index in [9.17, 15) is 13.2 Å². The van der Waals surface area contributed by atoms with Crippen molar-refractivity contribution in [2.24, 2.45) is 0 Å². The van der Waals surface area contributed by atoms with Crippen molar-refractivity contribution in [3.63, 3.8) is 0 Å². The van der Waals surface area contributed by atoms with E-state index in [2.05, 4.69) is 9.97 Å². The first-order chi connectivity index (χ1) is 13.4.